The maximum atomic E-state index is 4.40. The third kappa shape index (κ3) is 2.49. The summed E-state index contributed by atoms with van der Waals surface area (Å²) in [6.07, 6.45) is 4.83. The lowest BCUT2D eigenvalue weighted by molar-refractivity contribution is 1.10. The minimum absolute atomic E-state index is 0.950. The Labute approximate surface area is 102 Å². The normalized spacial score (nSPS) is 10.8. The van der Waals surface area contributed by atoms with Crippen LogP contribution < -0.4 is 0 Å². The fourth-order valence-electron chi connectivity index (χ4n) is 1.31. The minimum Gasteiger partial charge on any atom is -0.254 e. The summed E-state index contributed by atoms with van der Waals surface area (Å²) in [6, 6.07) is 4.03. The maximum absolute atomic E-state index is 4.40. The molecule has 0 spiro atoms. The molecule has 2 heterocycles. The number of fused-ring (bicyclic) bond motifs is 1. The second kappa shape index (κ2) is 4.94. The Balaban J connectivity index is 2.46. The third-order valence-electron chi connectivity index (χ3n) is 1.97. The summed E-state index contributed by atoms with van der Waals surface area (Å²) in [6.45, 7) is 2.18. The average Bonchev–Trinajstić information content (AvgIpc) is 2.25. The zero-order valence-electron chi connectivity index (χ0n) is 8.40. The Morgan fingerprint density at radius 3 is 3.07 bits per heavy atom. The minimum atomic E-state index is 0.950. The Morgan fingerprint density at radius 1 is 1.40 bits per heavy atom. The quantitative estimate of drug-likeness (QED) is 0.799. The highest BCUT2D eigenvalue weighted by atomic mass is 79.9. The highest BCUT2D eigenvalue weighted by molar-refractivity contribution is 9.10. The highest BCUT2D eigenvalue weighted by Crippen LogP contribution is 2.26. The molecule has 0 amide bonds. The Kier molecular flexibility index (Phi) is 3.59. The van der Waals surface area contributed by atoms with Gasteiger partial charge < -0.3 is 0 Å². The molecule has 0 aliphatic rings. The number of halogens is 1. The average molecular weight is 283 g/mol. The van der Waals surface area contributed by atoms with Crippen molar-refractivity contribution < 1.29 is 0 Å². The first kappa shape index (κ1) is 10.9. The molecule has 0 saturated carbocycles. The van der Waals surface area contributed by atoms with Gasteiger partial charge in [0.05, 0.1) is 5.52 Å². The van der Waals surface area contributed by atoms with Crippen molar-refractivity contribution in [2.75, 3.05) is 5.75 Å². The summed E-state index contributed by atoms with van der Waals surface area (Å²) in [4.78, 5) is 9.93. The zero-order chi connectivity index (χ0) is 10.7. The fraction of sp³-hybridized carbons (Fsp3) is 0.273. The van der Waals surface area contributed by atoms with Crippen molar-refractivity contribution in [1.29, 1.82) is 0 Å². The molecule has 0 N–H and O–H groups in total. The SMILES string of the molecule is CCCSc1ccnc2cc(Br)cnc12. The first-order valence-corrected chi connectivity index (χ1v) is 6.62. The smallest absolute Gasteiger partial charge is 0.102 e. The van der Waals surface area contributed by atoms with Crippen LogP contribution in [-0.2, 0) is 0 Å². The van der Waals surface area contributed by atoms with Crippen molar-refractivity contribution in [3.05, 3.63) is 29.0 Å². The lowest BCUT2D eigenvalue weighted by Crippen LogP contribution is -1.86. The molecule has 0 fully saturated rings. The van der Waals surface area contributed by atoms with Crippen molar-refractivity contribution in [3.8, 4) is 0 Å². The molecular weight excluding hydrogens is 272 g/mol. The highest BCUT2D eigenvalue weighted by Gasteiger charge is 2.03. The number of rotatable bonds is 3. The second-order valence-electron chi connectivity index (χ2n) is 3.18. The zero-order valence-corrected chi connectivity index (χ0v) is 10.8. The summed E-state index contributed by atoms with van der Waals surface area (Å²) < 4.78 is 0.972. The summed E-state index contributed by atoms with van der Waals surface area (Å²) in [5, 5.41) is 0. The van der Waals surface area contributed by atoms with Gasteiger partial charge in [0.1, 0.15) is 5.52 Å². The number of aromatic nitrogens is 2. The lowest BCUT2D eigenvalue weighted by atomic mass is 10.3. The van der Waals surface area contributed by atoms with Crippen LogP contribution in [0.4, 0.5) is 0 Å². The summed E-state index contributed by atoms with van der Waals surface area (Å²) in [5.41, 5.74) is 1.95. The van der Waals surface area contributed by atoms with Gasteiger partial charge >= 0.3 is 0 Å². The van der Waals surface area contributed by atoms with Crippen LogP contribution in [0.2, 0.25) is 0 Å². The van der Waals surface area contributed by atoms with Crippen molar-refractivity contribution in [3.63, 3.8) is 0 Å². The molecule has 2 nitrogen and oxygen atoms in total. The van der Waals surface area contributed by atoms with Gasteiger partial charge in [0.15, 0.2) is 0 Å². The van der Waals surface area contributed by atoms with Crippen LogP contribution in [0.25, 0.3) is 11.0 Å². The molecule has 0 unspecified atom stereocenters. The molecule has 0 atom stereocenters. The van der Waals surface area contributed by atoms with E-state index in [-0.39, 0.29) is 0 Å². The fourth-order valence-corrected chi connectivity index (χ4v) is 2.50. The number of thioether (sulfide) groups is 1. The topological polar surface area (TPSA) is 25.8 Å². The van der Waals surface area contributed by atoms with Gasteiger partial charge in [-0.15, -0.1) is 11.8 Å². The predicted molar refractivity (Wildman–Crippen MR) is 68.3 cm³/mol. The largest absolute Gasteiger partial charge is 0.254 e. The van der Waals surface area contributed by atoms with Crippen LogP contribution in [-0.4, -0.2) is 15.7 Å². The van der Waals surface area contributed by atoms with Gasteiger partial charge in [-0.25, -0.2) is 0 Å². The van der Waals surface area contributed by atoms with Crippen molar-refractivity contribution in [1.82, 2.24) is 9.97 Å². The molecule has 15 heavy (non-hydrogen) atoms. The first-order valence-electron chi connectivity index (χ1n) is 4.84. The van der Waals surface area contributed by atoms with E-state index in [1.54, 1.807) is 0 Å². The molecule has 0 aromatic carbocycles. The van der Waals surface area contributed by atoms with E-state index in [0.29, 0.717) is 0 Å². The molecular formula is C11H11BrN2S. The van der Waals surface area contributed by atoms with E-state index in [4.69, 9.17) is 0 Å². The number of pyridine rings is 2. The number of hydrogen-bond donors (Lipinski definition) is 0. The molecule has 78 valence electrons. The Hall–Kier alpha value is -0.610. The molecule has 2 rings (SSSR count). The van der Waals surface area contributed by atoms with Crippen LogP contribution in [0, 0.1) is 0 Å². The van der Waals surface area contributed by atoms with E-state index in [9.17, 15) is 0 Å². The van der Waals surface area contributed by atoms with Crippen LogP contribution in [0.3, 0.4) is 0 Å². The monoisotopic (exact) mass is 282 g/mol. The summed E-state index contributed by atoms with van der Waals surface area (Å²) in [7, 11) is 0. The van der Waals surface area contributed by atoms with Crippen molar-refractivity contribution in [2.45, 2.75) is 18.2 Å². The molecule has 0 aliphatic heterocycles. The third-order valence-corrected chi connectivity index (χ3v) is 3.66. The van der Waals surface area contributed by atoms with Crippen LogP contribution in [0.15, 0.2) is 33.9 Å². The van der Waals surface area contributed by atoms with Gasteiger partial charge in [0.2, 0.25) is 0 Å². The standard InChI is InChI=1S/C11H11BrN2S/c1-2-5-15-10-3-4-13-9-6-8(12)7-14-11(9)10/h3-4,6-7H,2,5H2,1H3. The van der Waals surface area contributed by atoms with Gasteiger partial charge in [0.25, 0.3) is 0 Å². The number of hydrogen-bond acceptors (Lipinski definition) is 3. The van der Waals surface area contributed by atoms with E-state index in [0.717, 1.165) is 21.3 Å². The molecule has 0 aliphatic carbocycles. The summed E-state index contributed by atoms with van der Waals surface area (Å²) >= 11 is 5.24. The predicted octanol–water partition coefficient (Wildman–Crippen LogP) is 3.89. The van der Waals surface area contributed by atoms with Gasteiger partial charge in [-0.1, -0.05) is 6.92 Å². The first-order chi connectivity index (χ1) is 7.31. The molecule has 0 saturated heterocycles. The molecule has 0 bridgehead atoms. The van der Waals surface area contributed by atoms with E-state index in [2.05, 4.69) is 32.8 Å². The second-order valence-corrected chi connectivity index (χ2v) is 5.23. The Morgan fingerprint density at radius 2 is 2.27 bits per heavy atom. The Bertz CT molecular complexity index is 473. The van der Waals surface area contributed by atoms with E-state index in [1.165, 1.54) is 11.3 Å². The molecule has 4 heteroatoms. The van der Waals surface area contributed by atoms with E-state index >= 15 is 0 Å². The number of nitrogens with zero attached hydrogens (tertiary/aromatic N) is 2. The van der Waals surface area contributed by atoms with Gasteiger partial charge in [-0.3, -0.25) is 9.97 Å². The van der Waals surface area contributed by atoms with Crippen molar-refractivity contribution in [2.24, 2.45) is 0 Å². The lowest BCUT2D eigenvalue weighted by Gasteiger charge is -2.03. The van der Waals surface area contributed by atoms with E-state index in [1.807, 2.05) is 36.3 Å². The van der Waals surface area contributed by atoms with Gasteiger partial charge in [-0.05, 0) is 40.2 Å². The van der Waals surface area contributed by atoms with E-state index < -0.39 is 0 Å². The molecule has 0 radical (unpaired) electrons. The van der Waals surface area contributed by atoms with Crippen LogP contribution in [0.1, 0.15) is 13.3 Å². The van der Waals surface area contributed by atoms with Crippen LogP contribution in [0.5, 0.6) is 0 Å². The molecule has 2 aromatic heterocycles. The molecule has 2 aromatic rings. The maximum Gasteiger partial charge on any atom is 0.102 e. The summed E-state index contributed by atoms with van der Waals surface area (Å²) in [5.74, 6) is 1.12. The van der Waals surface area contributed by atoms with Gasteiger partial charge in [0, 0.05) is 21.8 Å². The van der Waals surface area contributed by atoms with Crippen molar-refractivity contribution >= 4 is 38.7 Å². The van der Waals surface area contributed by atoms with Crippen LogP contribution >= 0.6 is 27.7 Å². The van der Waals surface area contributed by atoms with Gasteiger partial charge in [-0.2, -0.15) is 0 Å².